The van der Waals surface area contributed by atoms with Crippen LogP contribution in [0.4, 0.5) is 0 Å². The van der Waals surface area contributed by atoms with E-state index in [1.54, 1.807) is 6.92 Å². The van der Waals surface area contributed by atoms with Crippen LogP contribution >= 0.6 is 11.8 Å². The molecule has 0 aliphatic heterocycles. The van der Waals surface area contributed by atoms with Crippen LogP contribution in [-0.4, -0.2) is 34.5 Å². The summed E-state index contributed by atoms with van der Waals surface area (Å²) in [5, 5.41) is 11.1. The maximum Gasteiger partial charge on any atom is 0.326 e. The van der Waals surface area contributed by atoms with Gasteiger partial charge in [-0.05, 0) is 18.6 Å². The molecule has 0 fully saturated rings. The van der Waals surface area contributed by atoms with Crippen molar-refractivity contribution in [3.05, 3.63) is 0 Å². The van der Waals surface area contributed by atoms with Gasteiger partial charge in [-0.15, -0.1) is 0 Å². The molecular formula is C9H17NO3S. The Morgan fingerprint density at radius 1 is 1.43 bits per heavy atom. The molecule has 1 atom stereocenters. The van der Waals surface area contributed by atoms with Gasteiger partial charge in [0.05, 0.1) is 5.75 Å². The van der Waals surface area contributed by atoms with Crippen LogP contribution in [0.25, 0.3) is 0 Å². The van der Waals surface area contributed by atoms with Crippen LogP contribution in [0, 0.1) is 0 Å². The van der Waals surface area contributed by atoms with Crippen LogP contribution in [0.1, 0.15) is 26.7 Å². The highest BCUT2D eigenvalue weighted by Crippen LogP contribution is 2.01. The van der Waals surface area contributed by atoms with E-state index in [0.717, 1.165) is 12.2 Å². The van der Waals surface area contributed by atoms with Crippen molar-refractivity contribution in [3.8, 4) is 0 Å². The predicted molar refractivity (Wildman–Crippen MR) is 57.5 cm³/mol. The fourth-order valence-corrected chi connectivity index (χ4v) is 1.59. The summed E-state index contributed by atoms with van der Waals surface area (Å²) < 4.78 is 0. The number of aliphatic carboxylic acids is 1. The maximum absolute atomic E-state index is 11.2. The van der Waals surface area contributed by atoms with Gasteiger partial charge in [0.25, 0.3) is 0 Å². The first-order valence-corrected chi connectivity index (χ1v) is 5.87. The number of rotatable bonds is 7. The summed E-state index contributed by atoms with van der Waals surface area (Å²) in [5.41, 5.74) is 0. The molecule has 1 unspecified atom stereocenters. The second-order valence-electron chi connectivity index (χ2n) is 2.92. The molecular weight excluding hydrogens is 202 g/mol. The Morgan fingerprint density at radius 2 is 2.07 bits per heavy atom. The zero-order valence-corrected chi connectivity index (χ0v) is 9.39. The second-order valence-corrected chi connectivity index (χ2v) is 4.02. The van der Waals surface area contributed by atoms with Crippen LogP contribution in [0.3, 0.4) is 0 Å². The molecule has 1 amide bonds. The molecule has 0 aliphatic carbocycles. The van der Waals surface area contributed by atoms with E-state index in [9.17, 15) is 9.59 Å². The Morgan fingerprint density at radius 3 is 2.50 bits per heavy atom. The molecule has 14 heavy (non-hydrogen) atoms. The van der Waals surface area contributed by atoms with E-state index in [1.807, 2.05) is 6.92 Å². The molecule has 0 aliphatic rings. The number of amides is 1. The first kappa shape index (κ1) is 13.3. The SMILES string of the molecule is CCCSCC(=O)NC(CC)C(=O)O. The third-order valence-corrected chi connectivity index (χ3v) is 2.79. The molecule has 2 N–H and O–H groups in total. The molecule has 0 aromatic rings. The van der Waals surface area contributed by atoms with Crippen molar-refractivity contribution in [3.63, 3.8) is 0 Å². The molecule has 0 aromatic carbocycles. The van der Waals surface area contributed by atoms with Gasteiger partial charge >= 0.3 is 5.97 Å². The molecule has 5 heteroatoms. The van der Waals surface area contributed by atoms with E-state index in [1.165, 1.54) is 11.8 Å². The van der Waals surface area contributed by atoms with Crippen molar-refractivity contribution >= 4 is 23.6 Å². The molecule has 0 aromatic heterocycles. The number of carbonyl (C=O) groups is 2. The number of hydrogen-bond acceptors (Lipinski definition) is 3. The van der Waals surface area contributed by atoms with E-state index < -0.39 is 12.0 Å². The highest BCUT2D eigenvalue weighted by molar-refractivity contribution is 7.99. The summed E-state index contributed by atoms with van der Waals surface area (Å²) >= 11 is 1.52. The molecule has 82 valence electrons. The molecule has 0 rings (SSSR count). The van der Waals surface area contributed by atoms with Gasteiger partial charge in [-0.1, -0.05) is 13.8 Å². The Labute approximate surface area is 88.4 Å². The van der Waals surface area contributed by atoms with E-state index in [2.05, 4.69) is 5.32 Å². The normalized spacial score (nSPS) is 12.1. The zero-order valence-electron chi connectivity index (χ0n) is 8.58. The van der Waals surface area contributed by atoms with Crippen molar-refractivity contribution in [2.45, 2.75) is 32.7 Å². The minimum Gasteiger partial charge on any atom is -0.480 e. The summed E-state index contributed by atoms with van der Waals surface area (Å²) in [6, 6.07) is -0.746. The highest BCUT2D eigenvalue weighted by Gasteiger charge is 2.16. The Kier molecular flexibility index (Phi) is 7.28. The molecule has 0 saturated carbocycles. The largest absolute Gasteiger partial charge is 0.480 e. The van der Waals surface area contributed by atoms with Gasteiger partial charge in [0.15, 0.2) is 0 Å². The van der Waals surface area contributed by atoms with Crippen molar-refractivity contribution in [2.24, 2.45) is 0 Å². The monoisotopic (exact) mass is 219 g/mol. The van der Waals surface area contributed by atoms with E-state index in [0.29, 0.717) is 12.2 Å². The van der Waals surface area contributed by atoms with Gasteiger partial charge in [-0.25, -0.2) is 4.79 Å². The van der Waals surface area contributed by atoms with Crippen molar-refractivity contribution in [2.75, 3.05) is 11.5 Å². The van der Waals surface area contributed by atoms with Crippen LogP contribution in [0.15, 0.2) is 0 Å². The van der Waals surface area contributed by atoms with Crippen LogP contribution in [0.2, 0.25) is 0 Å². The minimum absolute atomic E-state index is 0.197. The third-order valence-electron chi connectivity index (χ3n) is 1.62. The third kappa shape index (κ3) is 5.85. The summed E-state index contributed by atoms with van der Waals surface area (Å²) in [6.07, 6.45) is 1.44. The second kappa shape index (κ2) is 7.67. The van der Waals surface area contributed by atoms with E-state index >= 15 is 0 Å². The van der Waals surface area contributed by atoms with Crippen LogP contribution < -0.4 is 5.32 Å². The van der Waals surface area contributed by atoms with Gasteiger partial charge in [0.2, 0.25) is 5.91 Å². The van der Waals surface area contributed by atoms with Gasteiger partial charge in [-0.2, -0.15) is 11.8 Å². The van der Waals surface area contributed by atoms with Gasteiger partial charge < -0.3 is 10.4 Å². The van der Waals surface area contributed by atoms with Gasteiger partial charge in [0, 0.05) is 0 Å². The highest BCUT2D eigenvalue weighted by atomic mass is 32.2. The lowest BCUT2D eigenvalue weighted by Crippen LogP contribution is -2.41. The number of thioether (sulfide) groups is 1. The summed E-state index contributed by atoms with van der Waals surface area (Å²) in [6.45, 7) is 3.77. The van der Waals surface area contributed by atoms with Crippen LogP contribution in [0.5, 0.6) is 0 Å². The lowest BCUT2D eigenvalue weighted by Gasteiger charge is -2.11. The quantitative estimate of drug-likeness (QED) is 0.629. The number of carboxylic acids is 1. The fraction of sp³-hybridized carbons (Fsp3) is 0.778. The molecule has 0 heterocycles. The van der Waals surface area contributed by atoms with E-state index in [4.69, 9.17) is 5.11 Å². The number of nitrogens with one attached hydrogen (secondary N) is 1. The molecule has 0 radical (unpaired) electrons. The standard InChI is InChI=1S/C9H17NO3S/c1-3-5-14-6-8(11)10-7(4-2)9(12)13/h7H,3-6H2,1-2H3,(H,10,11)(H,12,13). The molecule has 4 nitrogen and oxygen atoms in total. The Hall–Kier alpha value is -0.710. The van der Waals surface area contributed by atoms with Gasteiger partial charge in [0.1, 0.15) is 6.04 Å². The summed E-state index contributed by atoms with van der Waals surface area (Å²) in [7, 11) is 0. The molecule has 0 bridgehead atoms. The predicted octanol–water partition coefficient (Wildman–Crippen LogP) is 1.11. The topological polar surface area (TPSA) is 66.4 Å². The number of carboxylic acid groups (broad SMARTS) is 1. The Balaban J connectivity index is 3.74. The van der Waals surface area contributed by atoms with Crippen LogP contribution in [-0.2, 0) is 9.59 Å². The minimum atomic E-state index is -0.971. The fourth-order valence-electron chi connectivity index (χ4n) is 0.884. The van der Waals surface area contributed by atoms with Crippen molar-refractivity contribution in [1.82, 2.24) is 5.32 Å². The lowest BCUT2D eigenvalue weighted by molar-refractivity contribution is -0.141. The summed E-state index contributed by atoms with van der Waals surface area (Å²) in [4.78, 5) is 21.8. The lowest BCUT2D eigenvalue weighted by atomic mass is 10.2. The zero-order chi connectivity index (χ0) is 11.0. The van der Waals surface area contributed by atoms with Crippen molar-refractivity contribution in [1.29, 1.82) is 0 Å². The van der Waals surface area contributed by atoms with E-state index in [-0.39, 0.29) is 5.91 Å². The van der Waals surface area contributed by atoms with Gasteiger partial charge in [-0.3, -0.25) is 4.79 Å². The first-order valence-electron chi connectivity index (χ1n) is 4.71. The smallest absolute Gasteiger partial charge is 0.326 e. The molecule has 0 saturated heterocycles. The van der Waals surface area contributed by atoms with Crippen molar-refractivity contribution < 1.29 is 14.7 Å². The average molecular weight is 219 g/mol. The summed E-state index contributed by atoms with van der Waals surface area (Å²) in [5.74, 6) is 0.105. The first-order chi connectivity index (χ1) is 6.61. The number of hydrogen-bond donors (Lipinski definition) is 2. The number of carbonyl (C=O) groups excluding carboxylic acids is 1. The average Bonchev–Trinajstić information content (AvgIpc) is 2.14. The molecule has 0 spiro atoms. The maximum atomic E-state index is 11.2. The Bertz CT molecular complexity index is 196.